The predicted molar refractivity (Wildman–Crippen MR) is 102 cm³/mol. The van der Waals surface area contributed by atoms with Crippen LogP contribution in [0.3, 0.4) is 0 Å². The molecule has 0 aliphatic carbocycles. The summed E-state index contributed by atoms with van der Waals surface area (Å²) in [5.41, 5.74) is 6.93. The van der Waals surface area contributed by atoms with Crippen molar-refractivity contribution in [2.45, 2.75) is 28.7 Å². The third-order valence-electron chi connectivity index (χ3n) is 4.94. The van der Waals surface area contributed by atoms with E-state index in [2.05, 4.69) is 19.9 Å². The van der Waals surface area contributed by atoms with E-state index in [1.54, 1.807) is 37.4 Å². The maximum absolute atomic E-state index is 13.1. The Morgan fingerprint density at radius 3 is 2.56 bits per heavy atom. The van der Waals surface area contributed by atoms with Gasteiger partial charge < -0.3 is 20.4 Å². The van der Waals surface area contributed by atoms with Gasteiger partial charge in [-0.2, -0.15) is 0 Å². The molecule has 0 atom stereocenters. The highest BCUT2D eigenvalue weighted by Gasteiger charge is 2.29. The Morgan fingerprint density at radius 1 is 1.19 bits per heavy atom. The first-order valence-electron chi connectivity index (χ1n) is 8.72. The maximum atomic E-state index is 13.1. The van der Waals surface area contributed by atoms with Gasteiger partial charge in [0.1, 0.15) is 28.1 Å². The summed E-state index contributed by atoms with van der Waals surface area (Å²) in [7, 11) is -2.08. The van der Waals surface area contributed by atoms with Crippen molar-refractivity contribution in [1.29, 1.82) is 0 Å². The lowest BCUT2D eigenvalue weighted by atomic mass is 10.1. The van der Waals surface area contributed by atoms with Gasteiger partial charge in [-0.1, -0.05) is 18.2 Å². The van der Waals surface area contributed by atoms with Crippen LogP contribution in [0.5, 0.6) is 0 Å². The molecule has 0 amide bonds. The minimum Gasteiger partial charge on any atom is -0.384 e. The van der Waals surface area contributed by atoms with E-state index in [0.29, 0.717) is 16.9 Å². The molecule has 1 aliphatic rings. The van der Waals surface area contributed by atoms with E-state index in [4.69, 9.17) is 10.5 Å². The molecule has 0 bridgehead atoms. The SMILES string of the molecule is COC1CCN(c2ncnc3c(S(=O)(=O)c4ccccc4)c(N)[nH]c23)CC1. The highest BCUT2D eigenvalue weighted by Crippen LogP contribution is 2.35. The van der Waals surface area contributed by atoms with Gasteiger partial charge in [0.15, 0.2) is 5.82 Å². The molecule has 27 heavy (non-hydrogen) atoms. The summed E-state index contributed by atoms with van der Waals surface area (Å²) in [6.07, 6.45) is 3.39. The van der Waals surface area contributed by atoms with Gasteiger partial charge in [0.05, 0.1) is 11.0 Å². The molecule has 3 aromatic rings. The number of ether oxygens (including phenoxy) is 1. The summed E-state index contributed by atoms with van der Waals surface area (Å²) >= 11 is 0. The Balaban J connectivity index is 1.80. The number of fused-ring (bicyclic) bond motifs is 1. The van der Waals surface area contributed by atoms with E-state index >= 15 is 0 Å². The Bertz CT molecular complexity index is 1060. The number of nitrogen functional groups attached to an aromatic ring is 1. The molecule has 3 heterocycles. The van der Waals surface area contributed by atoms with Gasteiger partial charge in [-0.3, -0.25) is 0 Å². The molecule has 4 rings (SSSR count). The number of anilines is 2. The topological polar surface area (TPSA) is 114 Å². The first-order valence-corrected chi connectivity index (χ1v) is 10.2. The number of sulfone groups is 1. The number of aromatic nitrogens is 3. The minimum absolute atomic E-state index is 0.000808. The van der Waals surface area contributed by atoms with Crippen molar-refractivity contribution in [3.8, 4) is 0 Å². The standard InChI is InChI=1S/C18H21N5O3S/c1-26-12-7-9-23(10-8-12)18-15-14(20-11-21-18)16(17(19)22-15)27(24,25)13-5-3-2-4-6-13/h2-6,11-12,22H,7-10,19H2,1H3. The average molecular weight is 387 g/mol. The van der Waals surface area contributed by atoms with Crippen LogP contribution < -0.4 is 10.6 Å². The van der Waals surface area contributed by atoms with Gasteiger partial charge in [0.25, 0.3) is 0 Å². The van der Waals surface area contributed by atoms with Crippen LogP contribution in [0.4, 0.5) is 11.6 Å². The zero-order chi connectivity index (χ0) is 19.0. The largest absolute Gasteiger partial charge is 0.384 e. The lowest BCUT2D eigenvalue weighted by molar-refractivity contribution is 0.0818. The number of hydrogen-bond donors (Lipinski definition) is 2. The van der Waals surface area contributed by atoms with Gasteiger partial charge in [0, 0.05) is 20.2 Å². The second kappa shape index (κ2) is 6.82. The molecule has 2 aromatic heterocycles. The lowest BCUT2D eigenvalue weighted by Crippen LogP contribution is -2.37. The summed E-state index contributed by atoms with van der Waals surface area (Å²) in [5, 5.41) is 0. The maximum Gasteiger partial charge on any atom is 0.212 e. The summed E-state index contributed by atoms with van der Waals surface area (Å²) in [4.78, 5) is 13.9. The van der Waals surface area contributed by atoms with Crippen LogP contribution in [-0.2, 0) is 14.6 Å². The summed E-state index contributed by atoms with van der Waals surface area (Å²) < 4.78 is 31.6. The summed E-state index contributed by atoms with van der Waals surface area (Å²) in [6, 6.07) is 8.22. The van der Waals surface area contributed by atoms with Gasteiger partial charge >= 0.3 is 0 Å². The number of hydrogen-bond acceptors (Lipinski definition) is 7. The molecule has 0 radical (unpaired) electrons. The molecular formula is C18H21N5O3S. The second-order valence-electron chi connectivity index (χ2n) is 6.53. The van der Waals surface area contributed by atoms with E-state index in [9.17, 15) is 8.42 Å². The molecule has 8 nitrogen and oxygen atoms in total. The van der Waals surface area contributed by atoms with Crippen LogP contribution in [0.1, 0.15) is 12.8 Å². The Hall–Kier alpha value is -2.65. The number of methoxy groups -OCH3 is 1. The number of nitrogens with two attached hydrogens (primary N) is 1. The van der Waals surface area contributed by atoms with E-state index in [-0.39, 0.29) is 21.7 Å². The van der Waals surface area contributed by atoms with Crippen LogP contribution >= 0.6 is 0 Å². The highest BCUT2D eigenvalue weighted by molar-refractivity contribution is 7.92. The number of nitrogens with zero attached hydrogens (tertiary/aromatic N) is 3. The number of nitrogens with one attached hydrogen (secondary N) is 1. The molecule has 9 heteroatoms. The van der Waals surface area contributed by atoms with Gasteiger partial charge in [-0.15, -0.1) is 0 Å². The molecule has 0 unspecified atom stereocenters. The summed E-state index contributed by atoms with van der Waals surface area (Å²) in [6.45, 7) is 1.54. The first-order chi connectivity index (χ1) is 13.0. The van der Waals surface area contributed by atoms with E-state index in [1.807, 2.05) is 0 Å². The second-order valence-corrected chi connectivity index (χ2v) is 8.41. The molecule has 1 saturated heterocycles. The molecule has 142 valence electrons. The van der Waals surface area contributed by atoms with Crippen molar-refractivity contribution < 1.29 is 13.2 Å². The van der Waals surface area contributed by atoms with Crippen LogP contribution in [0.25, 0.3) is 11.0 Å². The molecule has 3 N–H and O–H groups in total. The van der Waals surface area contributed by atoms with Crippen LogP contribution in [0, 0.1) is 0 Å². The number of benzene rings is 1. The van der Waals surface area contributed by atoms with Crippen molar-refractivity contribution in [3.05, 3.63) is 36.7 Å². The fraction of sp³-hybridized carbons (Fsp3) is 0.333. The van der Waals surface area contributed by atoms with Crippen LogP contribution in [-0.4, -0.2) is 49.7 Å². The minimum atomic E-state index is -3.80. The molecule has 0 spiro atoms. The smallest absolute Gasteiger partial charge is 0.212 e. The van der Waals surface area contributed by atoms with Gasteiger partial charge in [-0.25, -0.2) is 18.4 Å². The zero-order valence-electron chi connectivity index (χ0n) is 14.9. The van der Waals surface area contributed by atoms with Crippen molar-refractivity contribution in [2.24, 2.45) is 0 Å². The number of piperidine rings is 1. The number of rotatable bonds is 4. The van der Waals surface area contributed by atoms with Crippen molar-refractivity contribution in [3.63, 3.8) is 0 Å². The lowest BCUT2D eigenvalue weighted by Gasteiger charge is -2.32. The highest BCUT2D eigenvalue weighted by atomic mass is 32.2. The van der Waals surface area contributed by atoms with E-state index in [0.717, 1.165) is 25.9 Å². The normalized spacial score (nSPS) is 16.1. The van der Waals surface area contributed by atoms with E-state index in [1.165, 1.54) is 6.33 Å². The van der Waals surface area contributed by atoms with Crippen LogP contribution in [0.15, 0.2) is 46.5 Å². The molecule has 1 aliphatic heterocycles. The molecular weight excluding hydrogens is 366 g/mol. The fourth-order valence-electron chi connectivity index (χ4n) is 3.52. The Kier molecular flexibility index (Phi) is 4.48. The van der Waals surface area contributed by atoms with E-state index < -0.39 is 9.84 Å². The van der Waals surface area contributed by atoms with Gasteiger partial charge in [0.2, 0.25) is 9.84 Å². The third kappa shape index (κ3) is 3.02. The molecule has 0 saturated carbocycles. The Labute approximate surface area is 157 Å². The number of aromatic amines is 1. The van der Waals surface area contributed by atoms with Gasteiger partial charge in [-0.05, 0) is 25.0 Å². The molecule has 1 aromatic carbocycles. The third-order valence-corrected chi connectivity index (χ3v) is 6.79. The monoisotopic (exact) mass is 387 g/mol. The first kappa shape index (κ1) is 17.7. The van der Waals surface area contributed by atoms with Crippen molar-refractivity contribution >= 4 is 32.5 Å². The predicted octanol–water partition coefficient (Wildman–Crippen LogP) is 1.99. The zero-order valence-corrected chi connectivity index (χ0v) is 15.7. The molecule has 1 fully saturated rings. The quantitative estimate of drug-likeness (QED) is 0.703. The van der Waals surface area contributed by atoms with Crippen molar-refractivity contribution in [1.82, 2.24) is 15.0 Å². The fourth-order valence-corrected chi connectivity index (χ4v) is 5.02. The van der Waals surface area contributed by atoms with Crippen LogP contribution in [0.2, 0.25) is 0 Å². The Morgan fingerprint density at radius 2 is 1.89 bits per heavy atom. The van der Waals surface area contributed by atoms with Crippen molar-refractivity contribution in [2.75, 3.05) is 30.8 Å². The summed E-state index contributed by atoms with van der Waals surface area (Å²) in [5.74, 6) is 0.734. The number of H-pyrrole nitrogens is 1. The average Bonchev–Trinajstić information content (AvgIpc) is 3.05.